The summed E-state index contributed by atoms with van der Waals surface area (Å²) in [5.41, 5.74) is 0. The molecule has 0 aromatic heterocycles. The molecule has 0 heterocycles. The lowest BCUT2D eigenvalue weighted by Gasteiger charge is -2.20. The van der Waals surface area contributed by atoms with E-state index in [-0.39, 0.29) is 5.97 Å². The molecule has 0 saturated carbocycles. The van der Waals surface area contributed by atoms with Crippen molar-refractivity contribution >= 4 is 5.97 Å². The van der Waals surface area contributed by atoms with Gasteiger partial charge in [-0.15, -0.1) is 0 Å². The molecule has 0 aliphatic heterocycles. The van der Waals surface area contributed by atoms with Gasteiger partial charge in [-0.25, -0.2) is 0 Å². The van der Waals surface area contributed by atoms with Crippen LogP contribution in [0, 0.1) is 0 Å². The molecule has 0 aromatic carbocycles. The molecule has 0 spiro atoms. The molecule has 0 N–H and O–H groups in total. The van der Waals surface area contributed by atoms with E-state index >= 15 is 0 Å². The summed E-state index contributed by atoms with van der Waals surface area (Å²) in [6.45, 7) is 8.42. The van der Waals surface area contributed by atoms with E-state index in [1.54, 1.807) is 7.11 Å². The van der Waals surface area contributed by atoms with Crippen molar-refractivity contribution in [1.29, 1.82) is 0 Å². The highest BCUT2D eigenvalue weighted by atomic mass is 16.5. The highest BCUT2D eigenvalue weighted by Gasteiger charge is 2.10. The van der Waals surface area contributed by atoms with Crippen LogP contribution in [0.1, 0.15) is 26.7 Å². The number of hydrogen-bond donors (Lipinski definition) is 0. The van der Waals surface area contributed by atoms with Gasteiger partial charge in [0.1, 0.15) is 0 Å². The summed E-state index contributed by atoms with van der Waals surface area (Å²) in [6, 6.07) is 0. The first-order valence-corrected chi connectivity index (χ1v) is 6.69. The van der Waals surface area contributed by atoms with Crippen molar-refractivity contribution in [3.63, 3.8) is 0 Å². The Balaban J connectivity index is 3.65. The maximum absolute atomic E-state index is 11.4. The number of ether oxygens (including phenoxy) is 3. The second-order valence-corrected chi connectivity index (χ2v) is 4.04. The third-order valence-corrected chi connectivity index (χ3v) is 2.39. The van der Waals surface area contributed by atoms with Crippen LogP contribution < -0.4 is 0 Å². The molecule has 0 fully saturated rings. The lowest BCUT2D eigenvalue weighted by Crippen LogP contribution is -2.34. The standard InChI is InChI=1S/C13H27NO4/c1-4-7-14(12-13(15)18-5-2)8-11-17-10-6-9-16-3/h4-12H2,1-3H3. The van der Waals surface area contributed by atoms with Crippen molar-refractivity contribution in [1.82, 2.24) is 4.90 Å². The zero-order valence-electron chi connectivity index (χ0n) is 11.9. The fraction of sp³-hybridized carbons (Fsp3) is 0.923. The number of rotatable bonds is 12. The minimum absolute atomic E-state index is 0.162. The Morgan fingerprint density at radius 3 is 2.50 bits per heavy atom. The van der Waals surface area contributed by atoms with Crippen molar-refractivity contribution in [3.8, 4) is 0 Å². The molecular weight excluding hydrogens is 234 g/mol. The van der Waals surface area contributed by atoms with Gasteiger partial charge in [0.2, 0.25) is 0 Å². The van der Waals surface area contributed by atoms with Gasteiger partial charge >= 0.3 is 5.97 Å². The highest BCUT2D eigenvalue weighted by Crippen LogP contribution is 1.94. The van der Waals surface area contributed by atoms with Gasteiger partial charge in [0, 0.05) is 26.9 Å². The maximum atomic E-state index is 11.4. The number of hydrogen-bond acceptors (Lipinski definition) is 5. The average Bonchev–Trinajstić information content (AvgIpc) is 2.34. The molecule has 108 valence electrons. The van der Waals surface area contributed by atoms with Crippen LogP contribution in [0.15, 0.2) is 0 Å². The van der Waals surface area contributed by atoms with E-state index in [0.717, 1.165) is 32.5 Å². The van der Waals surface area contributed by atoms with Crippen LogP contribution in [0.3, 0.4) is 0 Å². The van der Waals surface area contributed by atoms with Gasteiger partial charge < -0.3 is 14.2 Å². The summed E-state index contributed by atoms with van der Waals surface area (Å²) in [5.74, 6) is -0.162. The van der Waals surface area contributed by atoms with Crippen LogP contribution in [0.4, 0.5) is 0 Å². The Hall–Kier alpha value is -0.650. The number of esters is 1. The molecule has 18 heavy (non-hydrogen) atoms. The summed E-state index contributed by atoms with van der Waals surface area (Å²) in [4.78, 5) is 13.4. The van der Waals surface area contributed by atoms with E-state index in [0.29, 0.717) is 26.4 Å². The van der Waals surface area contributed by atoms with Crippen molar-refractivity contribution in [3.05, 3.63) is 0 Å². The highest BCUT2D eigenvalue weighted by molar-refractivity contribution is 5.71. The number of methoxy groups -OCH3 is 1. The molecule has 0 aliphatic rings. The zero-order chi connectivity index (χ0) is 13.6. The fourth-order valence-electron chi connectivity index (χ4n) is 1.58. The third kappa shape index (κ3) is 10.5. The van der Waals surface area contributed by atoms with Crippen LogP contribution in [0.5, 0.6) is 0 Å². The van der Waals surface area contributed by atoms with E-state index in [1.165, 1.54) is 0 Å². The van der Waals surface area contributed by atoms with Gasteiger partial charge in [-0.05, 0) is 26.3 Å². The molecule has 5 heteroatoms. The van der Waals surface area contributed by atoms with E-state index in [1.807, 2.05) is 6.92 Å². The van der Waals surface area contributed by atoms with E-state index in [9.17, 15) is 4.79 Å². The lowest BCUT2D eigenvalue weighted by atomic mass is 10.4. The number of carbonyl (C=O) groups excluding carboxylic acids is 1. The van der Waals surface area contributed by atoms with Crippen molar-refractivity contribution < 1.29 is 19.0 Å². The largest absolute Gasteiger partial charge is 0.465 e. The number of nitrogens with zero attached hydrogens (tertiary/aromatic N) is 1. The van der Waals surface area contributed by atoms with Gasteiger partial charge in [0.05, 0.1) is 19.8 Å². The van der Waals surface area contributed by atoms with Gasteiger partial charge in [-0.2, -0.15) is 0 Å². The van der Waals surface area contributed by atoms with E-state index in [2.05, 4.69) is 11.8 Å². The topological polar surface area (TPSA) is 48.0 Å². The molecular formula is C13H27NO4. The first kappa shape index (κ1) is 17.4. The normalized spacial score (nSPS) is 10.9. The average molecular weight is 261 g/mol. The zero-order valence-corrected chi connectivity index (χ0v) is 11.9. The first-order valence-electron chi connectivity index (χ1n) is 6.69. The Kier molecular flexibility index (Phi) is 12.3. The summed E-state index contributed by atoms with van der Waals surface area (Å²) < 4.78 is 15.4. The Morgan fingerprint density at radius 1 is 1.11 bits per heavy atom. The van der Waals surface area contributed by atoms with Gasteiger partial charge in [-0.3, -0.25) is 9.69 Å². The van der Waals surface area contributed by atoms with Crippen LogP contribution in [0.25, 0.3) is 0 Å². The predicted octanol–water partition coefficient (Wildman–Crippen LogP) is 1.31. The predicted molar refractivity (Wildman–Crippen MR) is 70.7 cm³/mol. The monoisotopic (exact) mass is 261 g/mol. The van der Waals surface area contributed by atoms with Crippen LogP contribution >= 0.6 is 0 Å². The smallest absolute Gasteiger partial charge is 0.320 e. The fourth-order valence-corrected chi connectivity index (χ4v) is 1.58. The second-order valence-electron chi connectivity index (χ2n) is 4.04. The molecule has 0 aliphatic carbocycles. The summed E-state index contributed by atoms with van der Waals surface area (Å²) in [6.07, 6.45) is 1.92. The molecule has 0 amide bonds. The molecule has 0 aromatic rings. The molecule has 0 rings (SSSR count). The van der Waals surface area contributed by atoms with Crippen LogP contribution in [0.2, 0.25) is 0 Å². The van der Waals surface area contributed by atoms with Crippen molar-refractivity contribution in [2.45, 2.75) is 26.7 Å². The van der Waals surface area contributed by atoms with E-state index in [4.69, 9.17) is 14.2 Å². The van der Waals surface area contributed by atoms with Crippen molar-refractivity contribution in [2.75, 3.05) is 53.2 Å². The van der Waals surface area contributed by atoms with Crippen molar-refractivity contribution in [2.24, 2.45) is 0 Å². The van der Waals surface area contributed by atoms with Gasteiger partial charge in [0.25, 0.3) is 0 Å². The SMILES string of the molecule is CCCN(CCOCCCOC)CC(=O)OCC. The van der Waals surface area contributed by atoms with Crippen LogP contribution in [-0.2, 0) is 19.0 Å². The molecule has 0 radical (unpaired) electrons. The van der Waals surface area contributed by atoms with Gasteiger partial charge in [0.15, 0.2) is 0 Å². The first-order chi connectivity index (χ1) is 8.74. The quantitative estimate of drug-likeness (QED) is 0.391. The molecule has 0 unspecified atom stereocenters. The second kappa shape index (κ2) is 12.8. The summed E-state index contributed by atoms with van der Waals surface area (Å²) in [5, 5.41) is 0. The molecule has 0 saturated heterocycles. The number of carbonyl (C=O) groups is 1. The van der Waals surface area contributed by atoms with Crippen LogP contribution in [-0.4, -0.2) is 64.0 Å². The lowest BCUT2D eigenvalue weighted by molar-refractivity contribution is -0.144. The molecule has 5 nitrogen and oxygen atoms in total. The Bertz CT molecular complexity index is 199. The molecule has 0 atom stereocenters. The Morgan fingerprint density at radius 2 is 1.89 bits per heavy atom. The third-order valence-electron chi connectivity index (χ3n) is 2.39. The summed E-state index contributed by atoms with van der Waals surface area (Å²) in [7, 11) is 1.68. The molecule has 0 bridgehead atoms. The Labute approximate surface area is 110 Å². The van der Waals surface area contributed by atoms with E-state index < -0.39 is 0 Å². The maximum Gasteiger partial charge on any atom is 0.320 e. The minimum Gasteiger partial charge on any atom is -0.465 e. The minimum atomic E-state index is -0.162. The summed E-state index contributed by atoms with van der Waals surface area (Å²) >= 11 is 0. The van der Waals surface area contributed by atoms with Gasteiger partial charge in [-0.1, -0.05) is 6.92 Å².